The summed E-state index contributed by atoms with van der Waals surface area (Å²) in [5.74, 6) is -4.17. The summed E-state index contributed by atoms with van der Waals surface area (Å²) in [7, 11) is 0. The SMILES string of the molecule is CC(=O)O.CC(=O)O.CC(=O)O.CC(=O)O.CC(=O)O.[Ce].[Co]. The fourth-order valence-electron chi connectivity index (χ4n) is 0. The van der Waals surface area contributed by atoms with Gasteiger partial charge >= 0.3 is 0 Å². The molecule has 0 aromatic carbocycles. The van der Waals surface area contributed by atoms with Crippen LogP contribution in [0, 0.1) is 41.7 Å². The Labute approximate surface area is 171 Å². The number of carboxylic acids is 5. The molecule has 22 heavy (non-hydrogen) atoms. The van der Waals surface area contributed by atoms with Crippen LogP contribution >= 0.6 is 0 Å². The van der Waals surface area contributed by atoms with Gasteiger partial charge in [0, 0.05) is 93.1 Å². The number of carbonyl (C=O) groups is 5. The van der Waals surface area contributed by atoms with Gasteiger partial charge in [-0.05, 0) is 0 Å². The van der Waals surface area contributed by atoms with Gasteiger partial charge in [0.05, 0.1) is 0 Å². The average molecular weight is 499 g/mol. The maximum absolute atomic E-state index is 9.00. The molecule has 0 aromatic rings. The van der Waals surface area contributed by atoms with E-state index in [9.17, 15) is 0 Å². The Hall–Kier alpha value is -0.767. The quantitative estimate of drug-likeness (QED) is 0.313. The van der Waals surface area contributed by atoms with Crippen molar-refractivity contribution in [1.82, 2.24) is 0 Å². The zero-order chi connectivity index (χ0) is 17.9. The Morgan fingerprint density at radius 1 is 0.455 bits per heavy atom. The van der Waals surface area contributed by atoms with Gasteiger partial charge in [0.2, 0.25) is 0 Å². The first-order valence-corrected chi connectivity index (χ1v) is 4.64. The first-order valence-electron chi connectivity index (χ1n) is 4.64. The maximum Gasteiger partial charge on any atom is 0.300 e. The summed E-state index contributed by atoms with van der Waals surface area (Å²) in [5.41, 5.74) is 0. The summed E-state index contributed by atoms with van der Waals surface area (Å²) >= 11 is 0. The van der Waals surface area contributed by atoms with Crippen molar-refractivity contribution in [3.8, 4) is 0 Å². The predicted molar refractivity (Wildman–Crippen MR) is 66.5 cm³/mol. The number of hydrogen-bond acceptors (Lipinski definition) is 5. The van der Waals surface area contributed by atoms with Crippen molar-refractivity contribution in [2.45, 2.75) is 34.6 Å². The van der Waals surface area contributed by atoms with Crippen LogP contribution in [-0.4, -0.2) is 55.4 Å². The van der Waals surface area contributed by atoms with Crippen LogP contribution in [0.1, 0.15) is 34.6 Å². The molecule has 0 aliphatic heterocycles. The average Bonchev–Trinajstić information content (AvgIpc) is 1.94. The predicted octanol–water partition coefficient (Wildman–Crippen LogP) is 0.452. The van der Waals surface area contributed by atoms with Crippen molar-refractivity contribution in [3.05, 3.63) is 0 Å². The van der Waals surface area contributed by atoms with Crippen molar-refractivity contribution in [1.29, 1.82) is 0 Å². The molecule has 1 radical (unpaired) electrons. The van der Waals surface area contributed by atoms with E-state index in [0.717, 1.165) is 34.6 Å². The van der Waals surface area contributed by atoms with Crippen molar-refractivity contribution in [2.75, 3.05) is 0 Å². The van der Waals surface area contributed by atoms with Crippen LogP contribution in [-0.2, 0) is 40.8 Å². The van der Waals surface area contributed by atoms with Gasteiger partial charge in [0.25, 0.3) is 29.8 Å². The molecule has 0 spiro atoms. The number of rotatable bonds is 0. The summed E-state index contributed by atoms with van der Waals surface area (Å²) in [4.78, 5) is 45.0. The molecular formula is C10H20CeCoO10. The second-order valence-corrected chi connectivity index (χ2v) is 2.60. The number of aliphatic carboxylic acids is 5. The van der Waals surface area contributed by atoms with Crippen LogP contribution in [0.5, 0.6) is 0 Å². The minimum Gasteiger partial charge on any atom is -0.481 e. The summed E-state index contributed by atoms with van der Waals surface area (Å²) in [6.07, 6.45) is 0. The topological polar surface area (TPSA) is 186 Å². The van der Waals surface area contributed by atoms with E-state index in [0.29, 0.717) is 0 Å². The molecule has 0 unspecified atom stereocenters. The molecule has 0 fully saturated rings. The van der Waals surface area contributed by atoms with E-state index >= 15 is 0 Å². The fraction of sp³-hybridized carbons (Fsp3) is 0.500. The van der Waals surface area contributed by atoms with Gasteiger partial charge in [-0.15, -0.1) is 0 Å². The molecular weight excluding hydrogens is 479 g/mol. The van der Waals surface area contributed by atoms with Gasteiger partial charge in [-0.1, -0.05) is 0 Å². The van der Waals surface area contributed by atoms with Gasteiger partial charge in [-0.25, -0.2) is 0 Å². The largest absolute Gasteiger partial charge is 0.481 e. The summed E-state index contributed by atoms with van der Waals surface area (Å²) in [5, 5.41) is 37.1. The van der Waals surface area contributed by atoms with Crippen LogP contribution in [0.15, 0.2) is 0 Å². The second kappa shape index (κ2) is 36.9. The normalized spacial score (nSPS) is 5.68. The van der Waals surface area contributed by atoms with Crippen LogP contribution in [0.25, 0.3) is 0 Å². The van der Waals surface area contributed by atoms with Crippen LogP contribution in [0.4, 0.5) is 0 Å². The van der Waals surface area contributed by atoms with Gasteiger partial charge in [0.1, 0.15) is 0 Å². The Balaban J connectivity index is -0.0000000250. The third kappa shape index (κ3) is 10900. The molecule has 0 bridgehead atoms. The van der Waals surface area contributed by atoms with Crippen LogP contribution in [0.2, 0.25) is 0 Å². The van der Waals surface area contributed by atoms with E-state index in [1.807, 2.05) is 0 Å². The van der Waals surface area contributed by atoms with E-state index in [-0.39, 0.29) is 58.5 Å². The molecule has 0 atom stereocenters. The van der Waals surface area contributed by atoms with Crippen molar-refractivity contribution < 1.29 is 108 Å². The van der Waals surface area contributed by atoms with E-state index in [4.69, 9.17) is 49.5 Å². The molecule has 0 aliphatic rings. The number of hydrogen-bond donors (Lipinski definition) is 5. The van der Waals surface area contributed by atoms with Gasteiger partial charge in [-0.2, -0.15) is 0 Å². The third-order valence-electron chi connectivity index (χ3n) is 0. The van der Waals surface area contributed by atoms with E-state index in [1.165, 1.54) is 0 Å². The molecule has 0 heterocycles. The molecule has 0 saturated carbocycles. The maximum atomic E-state index is 9.00. The first kappa shape index (κ1) is 42.9. The van der Waals surface area contributed by atoms with Gasteiger partial charge in [0.15, 0.2) is 0 Å². The zero-order valence-electron chi connectivity index (χ0n) is 12.6. The minimum atomic E-state index is -0.833. The Morgan fingerprint density at radius 3 is 0.455 bits per heavy atom. The Bertz CT molecular complexity index is 216. The summed E-state index contributed by atoms with van der Waals surface area (Å²) in [6, 6.07) is 0. The molecule has 0 rings (SSSR count). The first-order chi connectivity index (χ1) is 8.66. The van der Waals surface area contributed by atoms with Crippen molar-refractivity contribution >= 4 is 29.8 Å². The molecule has 0 saturated heterocycles. The monoisotopic (exact) mass is 499 g/mol. The smallest absolute Gasteiger partial charge is 0.300 e. The second-order valence-electron chi connectivity index (χ2n) is 2.60. The van der Waals surface area contributed by atoms with Crippen molar-refractivity contribution in [2.24, 2.45) is 0 Å². The molecule has 12 heteroatoms. The number of carboxylic acid groups (broad SMARTS) is 5. The zero-order valence-corrected chi connectivity index (χ0v) is 16.8. The van der Waals surface area contributed by atoms with Crippen LogP contribution < -0.4 is 0 Å². The Morgan fingerprint density at radius 2 is 0.455 bits per heavy atom. The molecule has 0 aliphatic carbocycles. The fourth-order valence-corrected chi connectivity index (χ4v) is 0. The standard InChI is InChI=1S/5C2H4O2.Ce.Co/c5*1-2(3)4;;/h5*1H3,(H,3,4);;. The van der Waals surface area contributed by atoms with Gasteiger partial charge in [-0.3, -0.25) is 24.0 Å². The van der Waals surface area contributed by atoms with E-state index in [2.05, 4.69) is 0 Å². The van der Waals surface area contributed by atoms with Gasteiger partial charge < -0.3 is 25.5 Å². The molecule has 10 nitrogen and oxygen atoms in total. The summed E-state index contributed by atoms with van der Waals surface area (Å²) < 4.78 is 0. The molecule has 0 aromatic heterocycles. The Kier molecular flexibility index (Phi) is 72.1. The third-order valence-corrected chi connectivity index (χ3v) is 0. The van der Waals surface area contributed by atoms with Crippen molar-refractivity contribution in [3.63, 3.8) is 0 Å². The molecule has 0 amide bonds. The van der Waals surface area contributed by atoms with E-state index in [1.54, 1.807) is 0 Å². The molecule has 5 N–H and O–H groups in total. The minimum absolute atomic E-state index is 0. The van der Waals surface area contributed by atoms with E-state index < -0.39 is 29.8 Å². The van der Waals surface area contributed by atoms with Crippen LogP contribution in [0.3, 0.4) is 0 Å². The summed E-state index contributed by atoms with van der Waals surface area (Å²) in [6.45, 7) is 5.42. The molecule has 133 valence electrons.